The van der Waals surface area contributed by atoms with Crippen LogP contribution in [0.2, 0.25) is 0 Å². The first-order valence-corrected chi connectivity index (χ1v) is 11.5. The number of nitrogens with zero attached hydrogens (tertiary/aromatic N) is 1. The van der Waals surface area contributed by atoms with Crippen LogP contribution in [0, 0.1) is 25.2 Å². The van der Waals surface area contributed by atoms with Crippen molar-refractivity contribution in [3.8, 4) is 11.8 Å². The van der Waals surface area contributed by atoms with Crippen molar-refractivity contribution in [3.63, 3.8) is 0 Å². The number of sulfonamides is 1. The molecule has 0 aliphatic carbocycles. The maximum Gasteiger partial charge on any atom is 0.416 e. The zero-order valence-corrected chi connectivity index (χ0v) is 19.5. The summed E-state index contributed by atoms with van der Waals surface area (Å²) >= 11 is 0. The lowest BCUT2D eigenvalue weighted by Gasteiger charge is -2.22. The van der Waals surface area contributed by atoms with Crippen LogP contribution in [-0.4, -0.2) is 15.0 Å². The van der Waals surface area contributed by atoms with Crippen LogP contribution in [0.15, 0.2) is 35.2 Å². The Morgan fingerprint density at radius 2 is 1.59 bits per heavy atom. The van der Waals surface area contributed by atoms with Crippen LogP contribution in [0.5, 0.6) is 5.75 Å². The summed E-state index contributed by atoms with van der Waals surface area (Å²) in [6.07, 6.45) is -4.15. The summed E-state index contributed by atoms with van der Waals surface area (Å²) < 4.78 is 73.9. The molecular weight excluding hydrogens is 441 g/mol. The van der Waals surface area contributed by atoms with Crippen LogP contribution in [0.3, 0.4) is 0 Å². The Morgan fingerprint density at radius 3 is 2.09 bits per heavy atom. The fourth-order valence-corrected chi connectivity index (χ4v) is 4.76. The van der Waals surface area contributed by atoms with Crippen LogP contribution in [-0.2, 0) is 21.6 Å². The lowest BCUT2D eigenvalue weighted by atomic mass is 9.85. The van der Waals surface area contributed by atoms with Crippen molar-refractivity contribution < 1.29 is 26.3 Å². The van der Waals surface area contributed by atoms with Gasteiger partial charge in [0.2, 0.25) is 0 Å². The van der Waals surface area contributed by atoms with Crippen molar-refractivity contribution in [2.24, 2.45) is 0 Å². The van der Waals surface area contributed by atoms with Gasteiger partial charge in [0, 0.05) is 12.5 Å². The first kappa shape index (κ1) is 25.5. The fraction of sp³-hybridized carbons (Fsp3) is 0.435. The standard InChI is InChI=1S/C23H27F3N2O3S/c1-15-10-17(22(3,4)5)11-16(2)21(15)32(29,30)28-19-12-18(23(24,25)26)13-20(14-19)31-9-7-6-8-27/h10-14,28H,6-7,9H2,1-5H3. The van der Waals surface area contributed by atoms with Crippen molar-refractivity contribution in [3.05, 3.63) is 52.6 Å². The first-order valence-electron chi connectivity index (χ1n) is 10.0. The zero-order chi connectivity index (χ0) is 24.3. The van der Waals surface area contributed by atoms with E-state index in [1.54, 1.807) is 26.0 Å². The number of hydrogen-bond donors (Lipinski definition) is 1. The van der Waals surface area contributed by atoms with Gasteiger partial charge in [-0.3, -0.25) is 4.72 Å². The number of unbranched alkanes of at least 4 members (excludes halogenated alkanes) is 1. The second-order valence-electron chi connectivity index (χ2n) is 8.65. The highest BCUT2D eigenvalue weighted by Gasteiger charge is 2.32. The minimum atomic E-state index is -4.69. The first-order chi connectivity index (χ1) is 14.6. The van der Waals surface area contributed by atoms with Crippen LogP contribution in [0.4, 0.5) is 18.9 Å². The highest BCUT2D eigenvalue weighted by molar-refractivity contribution is 7.92. The molecule has 2 aromatic carbocycles. The van der Waals surface area contributed by atoms with Gasteiger partial charge in [-0.2, -0.15) is 18.4 Å². The van der Waals surface area contributed by atoms with Gasteiger partial charge in [0.1, 0.15) is 5.75 Å². The predicted octanol–water partition coefficient (Wildman–Crippen LogP) is 6.10. The molecule has 9 heteroatoms. The van der Waals surface area contributed by atoms with E-state index < -0.39 is 21.8 Å². The van der Waals surface area contributed by atoms with Gasteiger partial charge in [0.25, 0.3) is 10.0 Å². The molecule has 0 spiro atoms. The van der Waals surface area contributed by atoms with Gasteiger partial charge in [-0.1, -0.05) is 32.9 Å². The molecule has 0 atom stereocenters. The second kappa shape index (κ2) is 9.41. The van der Waals surface area contributed by atoms with Crippen LogP contribution < -0.4 is 9.46 Å². The van der Waals surface area contributed by atoms with Gasteiger partial charge in [0.15, 0.2) is 0 Å². The SMILES string of the molecule is Cc1cc(C(C)(C)C)cc(C)c1S(=O)(=O)Nc1cc(OCCCC#N)cc(C(F)(F)F)c1. The molecule has 0 aliphatic rings. The minimum Gasteiger partial charge on any atom is -0.493 e. The van der Waals surface area contributed by atoms with E-state index in [2.05, 4.69) is 4.72 Å². The van der Waals surface area contributed by atoms with Crippen LogP contribution in [0.1, 0.15) is 55.9 Å². The Hall–Kier alpha value is -2.73. The average molecular weight is 469 g/mol. The largest absolute Gasteiger partial charge is 0.493 e. The number of rotatable bonds is 7. The molecule has 2 aromatic rings. The molecule has 0 heterocycles. The summed E-state index contributed by atoms with van der Waals surface area (Å²) in [4.78, 5) is 0.0272. The Bertz CT molecular complexity index is 1110. The zero-order valence-electron chi connectivity index (χ0n) is 18.7. The minimum absolute atomic E-state index is 0.0272. The van der Waals surface area contributed by atoms with Crippen molar-refractivity contribution in [2.75, 3.05) is 11.3 Å². The third-order valence-electron chi connectivity index (χ3n) is 4.78. The van der Waals surface area contributed by atoms with Gasteiger partial charge in [-0.25, -0.2) is 8.42 Å². The third kappa shape index (κ3) is 6.39. The molecule has 174 valence electrons. The monoisotopic (exact) mass is 468 g/mol. The normalized spacial score (nSPS) is 12.3. The molecule has 0 radical (unpaired) electrons. The smallest absolute Gasteiger partial charge is 0.416 e. The van der Waals surface area contributed by atoms with Crippen LogP contribution >= 0.6 is 0 Å². The van der Waals surface area contributed by atoms with E-state index >= 15 is 0 Å². The van der Waals surface area contributed by atoms with Crippen molar-refractivity contribution in [2.45, 2.75) is 63.9 Å². The van der Waals surface area contributed by atoms with E-state index in [0.29, 0.717) is 17.5 Å². The lowest BCUT2D eigenvalue weighted by molar-refractivity contribution is -0.137. The van der Waals surface area contributed by atoms with E-state index in [-0.39, 0.29) is 34.8 Å². The number of nitriles is 1. The molecule has 0 bridgehead atoms. The number of benzene rings is 2. The lowest BCUT2D eigenvalue weighted by Crippen LogP contribution is -2.19. The molecule has 5 nitrogen and oxygen atoms in total. The molecule has 0 aliphatic heterocycles. The summed E-state index contributed by atoms with van der Waals surface area (Å²) in [7, 11) is -4.16. The number of nitrogens with one attached hydrogen (secondary N) is 1. The van der Waals surface area contributed by atoms with Gasteiger partial charge in [-0.15, -0.1) is 0 Å². The van der Waals surface area contributed by atoms with Crippen molar-refractivity contribution >= 4 is 15.7 Å². The molecular formula is C23H27F3N2O3S. The molecule has 0 aromatic heterocycles. The van der Waals surface area contributed by atoms with Gasteiger partial charge in [0.05, 0.1) is 28.8 Å². The van der Waals surface area contributed by atoms with Gasteiger partial charge in [-0.05, 0) is 54.5 Å². The molecule has 0 saturated heterocycles. The molecule has 2 rings (SSSR count). The number of hydrogen-bond acceptors (Lipinski definition) is 4. The Balaban J connectivity index is 2.45. The number of anilines is 1. The predicted molar refractivity (Wildman–Crippen MR) is 117 cm³/mol. The summed E-state index contributed by atoms with van der Waals surface area (Å²) in [6.45, 7) is 9.38. The highest BCUT2D eigenvalue weighted by Crippen LogP contribution is 2.36. The van der Waals surface area contributed by atoms with Gasteiger partial charge >= 0.3 is 6.18 Å². The maximum atomic E-state index is 13.4. The highest BCUT2D eigenvalue weighted by atomic mass is 32.2. The quantitative estimate of drug-likeness (QED) is 0.498. The van der Waals surface area contributed by atoms with E-state index in [4.69, 9.17) is 10.00 Å². The maximum absolute atomic E-state index is 13.4. The number of halogens is 3. The summed E-state index contributed by atoms with van der Waals surface area (Å²) in [5.74, 6) is -0.132. The Morgan fingerprint density at radius 1 is 1.00 bits per heavy atom. The summed E-state index contributed by atoms with van der Waals surface area (Å²) in [6, 6.07) is 8.21. The van der Waals surface area contributed by atoms with E-state index in [1.165, 1.54) is 6.07 Å². The van der Waals surface area contributed by atoms with Crippen molar-refractivity contribution in [1.29, 1.82) is 5.26 Å². The molecule has 0 fully saturated rings. The Kier molecular flexibility index (Phi) is 7.51. The molecule has 0 unspecified atom stereocenters. The molecule has 1 N–H and O–H groups in total. The van der Waals surface area contributed by atoms with Crippen molar-refractivity contribution in [1.82, 2.24) is 0 Å². The Labute approximate surface area is 187 Å². The number of aryl methyl sites for hydroxylation is 2. The second-order valence-corrected chi connectivity index (χ2v) is 10.3. The third-order valence-corrected chi connectivity index (χ3v) is 6.47. The van der Waals surface area contributed by atoms with Gasteiger partial charge < -0.3 is 4.74 Å². The van der Waals surface area contributed by atoms with Crippen LogP contribution in [0.25, 0.3) is 0 Å². The summed E-state index contributed by atoms with van der Waals surface area (Å²) in [5, 5.41) is 8.57. The fourth-order valence-electron chi connectivity index (χ4n) is 3.26. The molecule has 32 heavy (non-hydrogen) atoms. The molecule has 0 amide bonds. The van der Waals surface area contributed by atoms with E-state index in [0.717, 1.165) is 17.7 Å². The van der Waals surface area contributed by atoms with E-state index in [9.17, 15) is 21.6 Å². The number of ether oxygens (including phenoxy) is 1. The molecule has 0 saturated carbocycles. The van der Waals surface area contributed by atoms with E-state index in [1.807, 2.05) is 26.8 Å². The summed E-state index contributed by atoms with van der Waals surface area (Å²) in [5.41, 5.74) is 0.478. The number of alkyl halides is 3. The topological polar surface area (TPSA) is 79.2 Å². The average Bonchev–Trinajstić information content (AvgIpc) is 2.62.